The Morgan fingerprint density at radius 2 is 2.10 bits per heavy atom. The van der Waals surface area contributed by atoms with Crippen molar-refractivity contribution in [3.8, 4) is 11.4 Å². The van der Waals surface area contributed by atoms with Gasteiger partial charge in [-0.25, -0.2) is 0 Å². The topological polar surface area (TPSA) is 76.2 Å². The molecule has 0 saturated carbocycles. The fourth-order valence-corrected chi connectivity index (χ4v) is 2.42. The first-order chi connectivity index (χ1) is 9.37. The first kappa shape index (κ1) is 14.7. The Morgan fingerprint density at radius 1 is 1.40 bits per heavy atom. The Labute approximate surface area is 125 Å². The summed E-state index contributed by atoms with van der Waals surface area (Å²) in [6.07, 6.45) is 0.483. The molecule has 0 fully saturated rings. The molecule has 0 spiro atoms. The van der Waals surface area contributed by atoms with Gasteiger partial charge in [0.2, 0.25) is 11.7 Å². The second-order valence-corrected chi connectivity index (χ2v) is 6.26. The SMILES string of the molecule is CC(C)(CC(=O)O)Cc1nc(-c2ccccc2Br)no1. The molecule has 1 heterocycles. The number of carboxylic acid groups (broad SMARTS) is 1. The predicted molar refractivity (Wildman–Crippen MR) is 77.2 cm³/mol. The number of halogens is 1. The summed E-state index contributed by atoms with van der Waals surface area (Å²) in [4.78, 5) is 15.1. The molecule has 0 aliphatic carbocycles. The lowest BCUT2D eigenvalue weighted by molar-refractivity contribution is -0.139. The third-order valence-corrected chi connectivity index (χ3v) is 3.53. The van der Waals surface area contributed by atoms with Gasteiger partial charge in [-0.15, -0.1) is 0 Å². The van der Waals surface area contributed by atoms with E-state index in [1.807, 2.05) is 38.1 Å². The average molecular weight is 339 g/mol. The molecular weight excluding hydrogens is 324 g/mol. The third kappa shape index (κ3) is 3.66. The van der Waals surface area contributed by atoms with Crippen molar-refractivity contribution in [2.24, 2.45) is 5.41 Å². The van der Waals surface area contributed by atoms with Crippen LogP contribution in [0.15, 0.2) is 33.3 Å². The number of benzene rings is 1. The van der Waals surface area contributed by atoms with Crippen LogP contribution in [0.25, 0.3) is 11.4 Å². The maximum atomic E-state index is 10.8. The van der Waals surface area contributed by atoms with Crippen molar-refractivity contribution in [1.82, 2.24) is 10.1 Å². The zero-order chi connectivity index (χ0) is 14.8. The van der Waals surface area contributed by atoms with Crippen molar-refractivity contribution in [1.29, 1.82) is 0 Å². The van der Waals surface area contributed by atoms with E-state index in [-0.39, 0.29) is 6.42 Å². The lowest BCUT2D eigenvalue weighted by Gasteiger charge is -2.19. The van der Waals surface area contributed by atoms with Crippen LogP contribution in [-0.2, 0) is 11.2 Å². The average Bonchev–Trinajstić information content (AvgIpc) is 2.75. The fourth-order valence-electron chi connectivity index (χ4n) is 1.96. The molecular formula is C14H15BrN2O3. The molecule has 0 unspecified atom stereocenters. The molecule has 1 aromatic carbocycles. The number of carbonyl (C=O) groups is 1. The number of carboxylic acids is 1. The molecule has 0 aliphatic rings. The van der Waals surface area contributed by atoms with Crippen LogP contribution in [0.1, 0.15) is 26.2 Å². The molecule has 0 saturated heterocycles. The smallest absolute Gasteiger partial charge is 0.303 e. The quantitative estimate of drug-likeness (QED) is 0.902. The molecule has 1 aromatic heterocycles. The van der Waals surface area contributed by atoms with E-state index >= 15 is 0 Å². The summed E-state index contributed by atoms with van der Waals surface area (Å²) < 4.78 is 6.10. The van der Waals surface area contributed by atoms with Crippen molar-refractivity contribution in [3.63, 3.8) is 0 Å². The highest BCUT2D eigenvalue weighted by Gasteiger charge is 2.25. The Hall–Kier alpha value is -1.69. The van der Waals surface area contributed by atoms with Crippen LogP contribution in [0.5, 0.6) is 0 Å². The lowest BCUT2D eigenvalue weighted by atomic mass is 9.86. The standard InChI is InChI=1S/C14H15BrN2O3/c1-14(2,8-12(18)19)7-11-16-13(17-20-11)9-5-3-4-6-10(9)15/h3-6H,7-8H2,1-2H3,(H,18,19). The van der Waals surface area contributed by atoms with Crippen molar-refractivity contribution in [2.45, 2.75) is 26.7 Å². The van der Waals surface area contributed by atoms with Gasteiger partial charge >= 0.3 is 5.97 Å². The molecule has 106 valence electrons. The second-order valence-electron chi connectivity index (χ2n) is 5.40. The van der Waals surface area contributed by atoms with E-state index in [9.17, 15) is 4.79 Å². The number of hydrogen-bond acceptors (Lipinski definition) is 4. The van der Waals surface area contributed by atoms with Crippen LogP contribution in [-0.4, -0.2) is 21.2 Å². The normalized spacial score (nSPS) is 11.6. The molecule has 0 radical (unpaired) electrons. The molecule has 0 bridgehead atoms. The Balaban J connectivity index is 2.18. The van der Waals surface area contributed by atoms with Crippen molar-refractivity contribution >= 4 is 21.9 Å². The minimum absolute atomic E-state index is 0.0553. The first-order valence-electron chi connectivity index (χ1n) is 6.17. The van der Waals surface area contributed by atoms with Gasteiger partial charge in [0.1, 0.15) is 0 Å². The van der Waals surface area contributed by atoms with Crippen LogP contribution >= 0.6 is 15.9 Å². The molecule has 6 heteroatoms. The third-order valence-electron chi connectivity index (χ3n) is 2.84. The summed E-state index contributed by atoms with van der Waals surface area (Å²) in [7, 11) is 0. The molecule has 0 atom stereocenters. The van der Waals surface area contributed by atoms with Crippen molar-refractivity contribution in [2.75, 3.05) is 0 Å². The molecule has 2 aromatic rings. The Bertz CT molecular complexity index is 622. The maximum Gasteiger partial charge on any atom is 0.303 e. The first-order valence-corrected chi connectivity index (χ1v) is 6.96. The van der Waals surface area contributed by atoms with Crippen LogP contribution < -0.4 is 0 Å². The number of hydrogen-bond donors (Lipinski definition) is 1. The van der Waals surface area contributed by atoms with Gasteiger partial charge in [0.05, 0.1) is 6.42 Å². The van der Waals surface area contributed by atoms with E-state index in [4.69, 9.17) is 9.63 Å². The predicted octanol–water partition coefficient (Wildman–Crippen LogP) is 3.54. The largest absolute Gasteiger partial charge is 0.481 e. The van der Waals surface area contributed by atoms with E-state index < -0.39 is 11.4 Å². The Morgan fingerprint density at radius 3 is 2.75 bits per heavy atom. The van der Waals surface area contributed by atoms with E-state index in [0.717, 1.165) is 10.0 Å². The highest BCUT2D eigenvalue weighted by molar-refractivity contribution is 9.10. The number of aliphatic carboxylic acids is 1. The van der Waals surface area contributed by atoms with Gasteiger partial charge in [0, 0.05) is 16.5 Å². The van der Waals surface area contributed by atoms with Gasteiger partial charge in [-0.3, -0.25) is 4.79 Å². The second kappa shape index (κ2) is 5.75. The highest BCUT2D eigenvalue weighted by Crippen LogP contribution is 2.28. The molecule has 1 N–H and O–H groups in total. The molecule has 0 amide bonds. The maximum absolute atomic E-state index is 10.8. The minimum atomic E-state index is -0.833. The molecule has 20 heavy (non-hydrogen) atoms. The summed E-state index contributed by atoms with van der Waals surface area (Å²) in [5.41, 5.74) is 0.419. The summed E-state index contributed by atoms with van der Waals surface area (Å²) in [5.74, 6) is 0.112. The summed E-state index contributed by atoms with van der Waals surface area (Å²) >= 11 is 3.44. The zero-order valence-corrected chi connectivity index (χ0v) is 12.8. The van der Waals surface area contributed by atoms with E-state index in [1.165, 1.54) is 0 Å². The molecule has 0 aliphatic heterocycles. The van der Waals surface area contributed by atoms with Gasteiger partial charge in [0.15, 0.2) is 0 Å². The van der Waals surface area contributed by atoms with Crippen LogP contribution in [0.4, 0.5) is 0 Å². The molecule has 2 rings (SSSR count). The highest BCUT2D eigenvalue weighted by atomic mass is 79.9. The van der Waals surface area contributed by atoms with E-state index in [2.05, 4.69) is 26.1 Å². The van der Waals surface area contributed by atoms with E-state index in [0.29, 0.717) is 18.1 Å². The summed E-state index contributed by atoms with van der Waals surface area (Å²) in [6.45, 7) is 3.73. The van der Waals surface area contributed by atoms with Crippen molar-refractivity contribution in [3.05, 3.63) is 34.6 Å². The van der Waals surface area contributed by atoms with Crippen LogP contribution in [0.2, 0.25) is 0 Å². The summed E-state index contributed by atoms with van der Waals surface area (Å²) in [5, 5.41) is 12.8. The van der Waals surface area contributed by atoms with Gasteiger partial charge in [0.25, 0.3) is 0 Å². The monoisotopic (exact) mass is 338 g/mol. The number of aromatic nitrogens is 2. The lowest BCUT2D eigenvalue weighted by Crippen LogP contribution is -2.19. The Kier molecular flexibility index (Phi) is 4.23. The molecule has 5 nitrogen and oxygen atoms in total. The van der Waals surface area contributed by atoms with Gasteiger partial charge in [-0.05, 0) is 17.5 Å². The van der Waals surface area contributed by atoms with Crippen LogP contribution in [0.3, 0.4) is 0 Å². The number of rotatable bonds is 5. The summed E-state index contributed by atoms with van der Waals surface area (Å²) in [6, 6.07) is 7.59. The van der Waals surface area contributed by atoms with Crippen LogP contribution in [0, 0.1) is 5.41 Å². The minimum Gasteiger partial charge on any atom is -0.481 e. The number of nitrogens with zero attached hydrogens (tertiary/aromatic N) is 2. The zero-order valence-electron chi connectivity index (χ0n) is 11.3. The van der Waals surface area contributed by atoms with E-state index in [1.54, 1.807) is 0 Å². The van der Waals surface area contributed by atoms with Gasteiger partial charge in [-0.2, -0.15) is 4.98 Å². The fraction of sp³-hybridized carbons (Fsp3) is 0.357. The van der Waals surface area contributed by atoms with Crippen molar-refractivity contribution < 1.29 is 14.4 Å². The van der Waals surface area contributed by atoms with Gasteiger partial charge in [-0.1, -0.05) is 47.1 Å². The van der Waals surface area contributed by atoms with Gasteiger partial charge < -0.3 is 9.63 Å².